The second-order valence-corrected chi connectivity index (χ2v) is 5.67. The Bertz CT molecular complexity index is 554. The van der Waals surface area contributed by atoms with Crippen LogP contribution in [0.2, 0.25) is 10.0 Å². The zero-order chi connectivity index (χ0) is 15.4. The second-order valence-electron chi connectivity index (χ2n) is 4.82. The van der Waals surface area contributed by atoms with Gasteiger partial charge in [0, 0.05) is 24.7 Å². The van der Waals surface area contributed by atoms with E-state index in [1.165, 1.54) is 4.90 Å². The molecule has 22 heavy (non-hydrogen) atoms. The van der Waals surface area contributed by atoms with Gasteiger partial charge < -0.3 is 15.5 Å². The summed E-state index contributed by atoms with van der Waals surface area (Å²) in [4.78, 5) is 25.9. The van der Waals surface area contributed by atoms with Crippen LogP contribution in [0.3, 0.4) is 0 Å². The number of carbonyl (C=O) groups excluding carboxylic acids is 2. The maximum atomic E-state index is 12.4. The van der Waals surface area contributed by atoms with E-state index in [1.54, 1.807) is 25.2 Å². The van der Waals surface area contributed by atoms with Crippen LogP contribution in [0.15, 0.2) is 18.2 Å². The zero-order valence-electron chi connectivity index (χ0n) is 12.1. The first-order valence-corrected chi connectivity index (χ1v) is 7.49. The maximum Gasteiger partial charge on any atom is 0.239 e. The molecule has 122 valence electrons. The summed E-state index contributed by atoms with van der Waals surface area (Å²) in [6.07, 6.45) is 0.479. The number of likely N-dealkylation sites (N-methyl/N-ethyl adjacent to an activating group) is 1. The van der Waals surface area contributed by atoms with E-state index >= 15 is 0 Å². The predicted molar refractivity (Wildman–Crippen MR) is 91.1 cm³/mol. The fourth-order valence-corrected chi connectivity index (χ4v) is 2.67. The maximum absolute atomic E-state index is 12.4. The smallest absolute Gasteiger partial charge is 0.239 e. The van der Waals surface area contributed by atoms with E-state index in [9.17, 15) is 9.59 Å². The molecule has 1 aliphatic heterocycles. The van der Waals surface area contributed by atoms with Crippen LogP contribution in [0.25, 0.3) is 0 Å². The molecule has 1 saturated heterocycles. The van der Waals surface area contributed by atoms with Crippen molar-refractivity contribution >= 4 is 53.1 Å². The van der Waals surface area contributed by atoms with Crippen LogP contribution in [-0.4, -0.2) is 38.5 Å². The van der Waals surface area contributed by atoms with Crippen LogP contribution >= 0.6 is 35.6 Å². The molecule has 1 fully saturated rings. The molecule has 2 rings (SSSR count). The topological polar surface area (TPSA) is 61.4 Å². The van der Waals surface area contributed by atoms with E-state index in [1.807, 2.05) is 0 Å². The third-order valence-electron chi connectivity index (χ3n) is 3.40. The number of halogens is 3. The van der Waals surface area contributed by atoms with Gasteiger partial charge in [-0.2, -0.15) is 0 Å². The molecule has 0 aromatic heterocycles. The quantitative estimate of drug-likeness (QED) is 0.620. The van der Waals surface area contributed by atoms with Crippen molar-refractivity contribution in [3.05, 3.63) is 28.2 Å². The van der Waals surface area contributed by atoms with Crippen molar-refractivity contribution in [3.8, 4) is 0 Å². The van der Waals surface area contributed by atoms with Gasteiger partial charge in [0.2, 0.25) is 11.8 Å². The Morgan fingerprint density at radius 1 is 1.36 bits per heavy atom. The van der Waals surface area contributed by atoms with Crippen molar-refractivity contribution < 1.29 is 9.59 Å². The molecule has 1 atom stereocenters. The number of benzene rings is 1. The molecule has 8 heteroatoms. The van der Waals surface area contributed by atoms with E-state index in [0.717, 1.165) is 0 Å². The van der Waals surface area contributed by atoms with E-state index in [-0.39, 0.29) is 24.2 Å². The molecule has 2 amide bonds. The SMILES string of the molecule is CNCCNC(=O)C1CCN(c2cc(Cl)ccc2Cl)C1=O.Cl. The fourth-order valence-electron chi connectivity index (χ4n) is 2.29. The molecule has 1 aliphatic rings. The zero-order valence-corrected chi connectivity index (χ0v) is 14.4. The van der Waals surface area contributed by atoms with Gasteiger partial charge in [-0.1, -0.05) is 23.2 Å². The van der Waals surface area contributed by atoms with Gasteiger partial charge in [-0.15, -0.1) is 12.4 Å². The van der Waals surface area contributed by atoms with E-state index in [0.29, 0.717) is 41.8 Å². The summed E-state index contributed by atoms with van der Waals surface area (Å²) in [5.41, 5.74) is 0.555. The lowest BCUT2D eigenvalue weighted by molar-refractivity contribution is -0.132. The van der Waals surface area contributed by atoms with E-state index in [2.05, 4.69) is 10.6 Å². The molecule has 1 aromatic carbocycles. The summed E-state index contributed by atoms with van der Waals surface area (Å²) in [5, 5.41) is 6.63. The molecule has 0 aliphatic carbocycles. The van der Waals surface area contributed by atoms with E-state index < -0.39 is 5.92 Å². The van der Waals surface area contributed by atoms with Crippen LogP contribution in [0.5, 0.6) is 0 Å². The van der Waals surface area contributed by atoms with Gasteiger partial charge in [0.25, 0.3) is 0 Å². The lowest BCUT2D eigenvalue weighted by Crippen LogP contribution is -2.39. The molecule has 0 spiro atoms. The highest BCUT2D eigenvalue weighted by molar-refractivity contribution is 6.36. The first-order chi connectivity index (χ1) is 10.0. The molecule has 0 radical (unpaired) electrons. The highest BCUT2D eigenvalue weighted by atomic mass is 35.5. The first kappa shape index (κ1) is 19.0. The molecule has 0 saturated carbocycles. The molecule has 1 heterocycles. The van der Waals surface area contributed by atoms with Gasteiger partial charge in [-0.25, -0.2) is 0 Å². The van der Waals surface area contributed by atoms with Crippen molar-refractivity contribution in [2.45, 2.75) is 6.42 Å². The third-order valence-corrected chi connectivity index (χ3v) is 3.95. The van der Waals surface area contributed by atoms with E-state index in [4.69, 9.17) is 23.2 Å². The van der Waals surface area contributed by atoms with Crippen LogP contribution in [0, 0.1) is 5.92 Å². The third kappa shape index (κ3) is 4.26. The highest BCUT2D eigenvalue weighted by Gasteiger charge is 2.38. The monoisotopic (exact) mass is 365 g/mol. The van der Waals surface area contributed by atoms with Gasteiger partial charge in [-0.05, 0) is 31.7 Å². The summed E-state index contributed by atoms with van der Waals surface area (Å²) in [6, 6.07) is 4.95. The molecule has 2 N–H and O–H groups in total. The Morgan fingerprint density at radius 2 is 2.09 bits per heavy atom. The normalized spacial score (nSPS) is 17.3. The van der Waals surface area contributed by atoms with Crippen LogP contribution in [-0.2, 0) is 9.59 Å². The summed E-state index contributed by atoms with van der Waals surface area (Å²) in [5.74, 6) is -1.13. The number of anilines is 1. The number of hydrogen-bond donors (Lipinski definition) is 2. The summed E-state index contributed by atoms with van der Waals surface area (Å²) in [7, 11) is 1.80. The average Bonchev–Trinajstić information content (AvgIpc) is 2.83. The summed E-state index contributed by atoms with van der Waals surface area (Å²) < 4.78 is 0. The molecular weight excluding hydrogens is 349 g/mol. The Labute approximate surface area is 145 Å². The predicted octanol–water partition coefficient (Wildman–Crippen LogP) is 2.10. The average molecular weight is 367 g/mol. The second kappa shape index (κ2) is 8.58. The molecular formula is C14H18Cl3N3O2. The minimum atomic E-state index is -0.656. The van der Waals surface area contributed by atoms with Gasteiger partial charge in [0.15, 0.2) is 0 Å². The lowest BCUT2D eigenvalue weighted by atomic mass is 10.1. The van der Waals surface area contributed by atoms with Gasteiger partial charge in [0.1, 0.15) is 5.92 Å². The number of hydrogen-bond acceptors (Lipinski definition) is 3. The van der Waals surface area contributed by atoms with Crippen molar-refractivity contribution in [1.29, 1.82) is 0 Å². The lowest BCUT2D eigenvalue weighted by Gasteiger charge is -2.18. The van der Waals surface area contributed by atoms with Crippen molar-refractivity contribution in [3.63, 3.8) is 0 Å². The van der Waals surface area contributed by atoms with Crippen LogP contribution in [0.1, 0.15) is 6.42 Å². The Kier molecular flexibility index (Phi) is 7.42. The fraction of sp³-hybridized carbons (Fsp3) is 0.429. The minimum Gasteiger partial charge on any atom is -0.354 e. The van der Waals surface area contributed by atoms with Gasteiger partial charge in [0.05, 0.1) is 10.7 Å². The van der Waals surface area contributed by atoms with Crippen molar-refractivity contribution in [1.82, 2.24) is 10.6 Å². The Hall–Kier alpha value is -1.01. The number of amides is 2. The minimum absolute atomic E-state index is 0. The number of rotatable bonds is 5. The molecule has 1 unspecified atom stereocenters. The Morgan fingerprint density at radius 3 is 2.77 bits per heavy atom. The Balaban J connectivity index is 0.00000242. The molecule has 0 bridgehead atoms. The van der Waals surface area contributed by atoms with Crippen molar-refractivity contribution in [2.24, 2.45) is 5.92 Å². The van der Waals surface area contributed by atoms with Crippen LogP contribution in [0.4, 0.5) is 5.69 Å². The molecule has 1 aromatic rings. The number of nitrogens with zero attached hydrogens (tertiary/aromatic N) is 1. The first-order valence-electron chi connectivity index (χ1n) is 6.73. The van der Waals surface area contributed by atoms with Gasteiger partial charge >= 0.3 is 0 Å². The highest BCUT2D eigenvalue weighted by Crippen LogP contribution is 2.33. The standard InChI is InChI=1S/C14H17Cl2N3O2.ClH/c1-17-5-6-18-13(20)10-4-7-19(14(10)21)12-8-9(15)2-3-11(12)16;/h2-3,8,10,17H,4-7H2,1H3,(H,18,20);1H. The summed E-state index contributed by atoms with van der Waals surface area (Å²) >= 11 is 12.1. The van der Waals surface area contributed by atoms with Crippen LogP contribution < -0.4 is 15.5 Å². The largest absolute Gasteiger partial charge is 0.354 e. The van der Waals surface area contributed by atoms with Crippen molar-refractivity contribution in [2.75, 3.05) is 31.6 Å². The number of nitrogens with one attached hydrogen (secondary N) is 2. The molecule has 5 nitrogen and oxygen atoms in total. The van der Waals surface area contributed by atoms with Gasteiger partial charge in [-0.3, -0.25) is 9.59 Å². The summed E-state index contributed by atoms with van der Waals surface area (Å²) in [6.45, 7) is 1.62. The number of carbonyl (C=O) groups is 2.